The molecule has 4 nitrogen and oxygen atoms in total. The molecule has 0 saturated carbocycles. The van der Waals surface area contributed by atoms with Crippen LogP contribution in [0.3, 0.4) is 0 Å². The Labute approximate surface area is 99.9 Å². The summed E-state index contributed by atoms with van der Waals surface area (Å²) in [5.41, 5.74) is 2.84. The van der Waals surface area contributed by atoms with Gasteiger partial charge in [0.15, 0.2) is 0 Å². The minimum Gasteiger partial charge on any atom is -0.550 e. The standard InChI is InChI=1S/C13H16O4/c1-8-3-9(2)5-10(4-8)6-11(13(16)17)7-12(14)15/h3-5,11H,6-7H2,1-2H3,(H,14,15)(H,16,17)/p-2/t11-/m0/s1. The maximum Gasteiger partial charge on any atom is 0.0452 e. The van der Waals surface area contributed by atoms with E-state index in [1.165, 1.54) is 0 Å². The lowest BCUT2D eigenvalue weighted by atomic mass is 9.94. The maximum atomic E-state index is 10.8. The molecule has 0 bridgehead atoms. The van der Waals surface area contributed by atoms with Crippen molar-refractivity contribution in [1.82, 2.24) is 0 Å². The molecule has 17 heavy (non-hydrogen) atoms. The summed E-state index contributed by atoms with van der Waals surface area (Å²) in [6.07, 6.45) is -0.367. The minimum atomic E-state index is -1.37. The zero-order chi connectivity index (χ0) is 13.0. The van der Waals surface area contributed by atoms with Crippen LogP contribution < -0.4 is 10.2 Å². The summed E-state index contributed by atoms with van der Waals surface area (Å²) in [6, 6.07) is 5.66. The Morgan fingerprint density at radius 2 is 1.65 bits per heavy atom. The number of rotatable bonds is 5. The fourth-order valence-electron chi connectivity index (χ4n) is 1.91. The average Bonchev–Trinajstić information content (AvgIpc) is 2.13. The Hall–Kier alpha value is -1.84. The average molecular weight is 234 g/mol. The van der Waals surface area contributed by atoms with Gasteiger partial charge in [-0.1, -0.05) is 29.3 Å². The second-order valence-electron chi connectivity index (χ2n) is 4.29. The van der Waals surface area contributed by atoms with Gasteiger partial charge in [0.05, 0.1) is 0 Å². The number of hydrogen-bond acceptors (Lipinski definition) is 4. The smallest absolute Gasteiger partial charge is 0.0452 e. The van der Waals surface area contributed by atoms with E-state index in [0.717, 1.165) is 16.7 Å². The topological polar surface area (TPSA) is 80.3 Å². The Morgan fingerprint density at radius 1 is 1.12 bits per heavy atom. The van der Waals surface area contributed by atoms with Crippen LogP contribution >= 0.6 is 0 Å². The van der Waals surface area contributed by atoms with Crippen LogP contribution in [0, 0.1) is 19.8 Å². The van der Waals surface area contributed by atoms with E-state index >= 15 is 0 Å². The van der Waals surface area contributed by atoms with E-state index in [4.69, 9.17) is 0 Å². The Kier molecular flexibility index (Phi) is 4.26. The van der Waals surface area contributed by atoms with Crippen molar-refractivity contribution in [3.63, 3.8) is 0 Å². The van der Waals surface area contributed by atoms with Crippen LogP contribution in [0.1, 0.15) is 23.1 Å². The third-order valence-corrected chi connectivity index (χ3v) is 2.51. The van der Waals surface area contributed by atoms with Gasteiger partial charge >= 0.3 is 0 Å². The number of carbonyl (C=O) groups is 2. The van der Waals surface area contributed by atoms with Crippen LogP contribution in [0.25, 0.3) is 0 Å². The highest BCUT2D eigenvalue weighted by Crippen LogP contribution is 2.15. The van der Waals surface area contributed by atoms with E-state index in [9.17, 15) is 19.8 Å². The van der Waals surface area contributed by atoms with Crippen LogP contribution in [0.2, 0.25) is 0 Å². The monoisotopic (exact) mass is 234 g/mol. The van der Waals surface area contributed by atoms with Crippen molar-refractivity contribution >= 4 is 11.9 Å². The van der Waals surface area contributed by atoms with Crippen LogP contribution in [-0.4, -0.2) is 11.9 Å². The molecule has 0 spiro atoms. The largest absolute Gasteiger partial charge is 0.550 e. The van der Waals surface area contributed by atoms with Gasteiger partial charge in [0.1, 0.15) is 0 Å². The van der Waals surface area contributed by atoms with E-state index in [-0.39, 0.29) is 6.42 Å². The highest BCUT2D eigenvalue weighted by Gasteiger charge is 2.12. The lowest BCUT2D eigenvalue weighted by Crippen LogP contribution is -2.37. The van der Waals surface area contributed by atoms with Gasteiger partial charge in [-0.25, -0.2) is 0 Å². The first kappa shape index (κ1) is 13.2. The summed E-state index contributed by atoms with van der Waals surface area (Å²) in [7, 11) is 0. The lowest BCUT2D eigenvalue weighted by Gasteiger charge is -2.19. The highest BCUT2D eigenvalue weighted by molar-refractivity contribution is 5.75. The van der Waals surface area contributed by atoms with Gasteiger partial charge in [0, 0.05) is 17.9 Å². The van der Waals surface area contributed by atoms with Crippen LogP contribution in [0.5, 0.6) is 0 Å². The first-order valence-corrected chi connectivity index (χ1v) is 5.36. The zero-order valence-corrected chi connectivity index (χ0v) is 9.86. The van der Waals surface area contributed by atoms with E-state index in [2.05, 4.69) is 0 Å². The molecule has 0 radical (unpaired) electrons. The molecule has 1 aromatic carbocycles. The lowest BCUT2D eigenvalue weighted by molar-refractivity contribution is -0.320. The van der Waals surface area contributed by atoms with Crippen molar-refractivity contribution in [1.29, 1.82) is 0 Å². The van der Waals surface area contributed by atoms with Gasteiger partial charge in [-0.15, -0.1) is 0 Å². The molecule has 0 aliphatic rings. The van der Waals surface area contributed by atoms with Crippen molar-refractivity contribution in [2.45, 2.75) is 26.7 Å². The predicted octanol–water partition coefficient (Wildman–Crippen LogP) is -0.648. The molecule has 1 aromatic rings. The molecule has 0 fully saturated rings. The van der Waals surface area contributed by atoms with Crippen molar-refractivity contribution in [3.8, 4) is 0 Å². The summed E-state index contributed by atoms with van der Waals surface area (Å²) in [5, 5.41) is 21.2. The van der Waals surface area contributed by atoms with Crippen molar-refractivity contribution in [3.05, 3.63) is 34.9 Å². The normalized spacial score (nSPS) is 12.1. The van der Waals surface area contributed by atoms with Crippen molar-refractivity contribution in [2.75, 3.05) is 0 Å². The fraction of sp³-hybridized carbons (Fsp3) is 0.385. The first-order chi connectivity index (χ1) is 7.88. The third kappa shape index (κ3) is 4.26. The number of aliphatic carboxylic acids is 2. The van der Waals surface area contributed by atoms with E-state index in [1.54, 1.807) is 0 Å². The molecule has 0 saturated heterocycles. The molecule has 92 valence electrons. The van der Waals surface area contributed by atoms with Crippen molar-refractivity contribution < 1.29 is 19.8 Å². The molecule has 0 aliphatic heterocycles. The molecular weight excluding hydrogens is 220 g/mol. The summed E-state index contributed by atoms with van der Waals surface area (Å²) < 4.78 is 0. The Balaban J connectivity index is 2.85. The molecule has 0 unspecified atom stereocenters. The first-order valence-electron chi connectivity index (χ1n) is 5.36. The SMILES string of the molecule is Cc1cc(C)cc(C[C@@H](CC(=O)[O-])C(=O)[O-])c1. The quantitative estimate of drug-likeness (QED) is 0.678. The Morgan fingerprint density at radius 3 is 2.06 bits per heavy atom. The van der Waals surface area contributed by atoms with E-state index in [0.29, 0.717) is 0 Å². The van der Waals surface area contributed by atoms with E-state index < -0.39 is 24.3 Å². The molecule has 4 heteroatoms. The molecule has 0 amide bonds. The van der Waals surface area contributed by atoms with Crippen LogP contribution in [0.4, 0.5) is 0 Å². The second-order valence-corrected chi connectivity index (χ2v) is 4.29. The van der Waals surface area contributed by atoms with Gasteiger partial charge in [0.25, 0.3) is 0 Å². The van der Waals surface area contributed by atoms with Gasteiger partial charge in [0.2, 0.25) is 0 Å². The van der Waals surface area contributed by atoms with Gasteiger partial charge in [-0.3, -0.25) is 0 Å². The summed E-state index contributed by atoms with van der Waals surface area (Å²) in [5.74, 6) is -3.77. The number of carboxylic acid groups (broad SMARTS) is 2. The molecule has 1 rings (SSSR count). The fourth-order valence-corrected chi connectivity index (χ4v) is 1.91. The van der Waals surface area contributed by atoms with Gasteiger partial charge in [-0.05, 0) is 32.3 Å². The predicted molar refractivity (Wildman–Crippen MR) is 57.7 cm³/mol. The summed E-state index contributed by atoms with van der Waals surface area (Å²) in [4.78, 5) is 21.2. The number of benzene rings is 1. The van der Waals surface area contributed by atoms with Gasteiger partial charge < -0.3 is 19.8 Å². The number of carbonyl (C=O) groups excluding carboxylic acids is 2. The van der Waals surface area contributed by atoms with E-state index in [1.807, 2.05) is 32.0 Å². The third-order valence-electron chi connectivity index (χ3n) is 2.51. The summed E-state index contributed by atoms with van der Waals surface area (Å²) >= 11 is 0. The van der Waals surface area contributed by atoms with Crippen LogP contribution in [0.15, 0.2) is 18.2 Å². The molecule has 1 atom stereocenters. The molecule has 0 heterocycles. The minimum absolute atomic E-state index is 0.152. The molecular formula is C13H14O4-2. The summed E-state index contributed by atoms with van der Waals surface area (Å²) in [6.45, 7) is 3.81. The molecule has 0 aromatic heterocycles. The highest BCUT2D eigenvalue weighted by atomic mass is 16.4. The number of carboxylic acids is 2. The molecule has 0 aliphatic carbocycles. The van der Waals surface area contributed by atoms with Crippen molar-refractivity contribution in [2.24, 2.45) is 5.92 Å². The maximum absolute atomic E-state index is 10.8. The van der Waals surface area contributed by atoms with Crippen LogP contribution in [-0.2, 0) is 16.0 Å². The van der Waals surface area contributed by atoms with Gasteiger partial charge in [-0.2, -0.15) is 0 Å². The molecule has 0 N–H and O–H groups in total. The second kappa shape index (κ2) is 5.48. The number of hydrogen-bond donors (Lipinski definition) is 0. The Bertz CT molecular complexity index is 417. The number of aryl methyl sites for hydroxylation is 2. The zero-order valence-electron chi connectivity index (χ0n) is 9.86.